The minimum Gasteiger partial charge on any atom is -0.396 e. The van der Waals surface area contributed by atoms with E-state index in [4.69, 9.17) is 5.11 Å². The number of rotatable bonds is 4. The molecule has 1 rings (SSSR count). The third-order valence-electron chi connectivity index (χ3n) is 2.20. The van der Waals surface area contributed by atoms with E-state index in [0.29, 0.717) is 6.42 Å². The minimum absolute atomic E-state index is 0.190. The second-order valence-corrected chi connectivity index (χ2v) is 3.55. The number of aliphatic hydroxyl groups excluding tert-OH is 1. The Labute approximate surface area is 78.8 Å². The summed E-state index contributed by atoms with van der Waals surface area (Å²) >= 11 is 0. The van der Waals surface area contributed by atoms with Crippen LogP contribution in [0, 0.1) is 0 Å². The Morgan fingerprint density at radius 1 is 1.62 bits per heavy atom. The maximum Gasteiger partial charge on any atom is 0.157 e. The van der Waals surface area contributed by atoms with Gasteiger partial charge in [0.05, 0.1) is 0 Å². The van der Waals surface area contributed by atoms with Crippen molar-refractivity contribution in [3.63, 3.8) is 0 Å². The van der Waals surface area contributed by atoms with Crippen molar-refractivity contribution in [3.05, 3.63) is 11.8 Å². The monoisotopic (exact) mass is 183 g/mol. The Morgan fingerprint density at radius 3 is 3.00 bits per heavy atom. The van der Waals surface area contributed by atoms with Crippen LogP contribution < -0.4 is 5.32 Å². The zero-order valence-corrected chi connectivity index (χ0v) is 8.05. The largest absolute Gasteiger partial charge is 0.396 e. The molecule has 1 atom stereocenters. The molecule has 0 amide bonds. The van der Waals surface area contributed by atoms with Gasteiger partial charge in [-0.1, -0.05) is 0 Å². The smallest absolute Gasteiger partial charge is 0.157 e. The molecule has 0 aromatic rings. The first-order chi connectivity index (χ1) is 6.22. The van der Waals surface area contributed by atoms with Gasteiger partial charge in [0.2, 0.25) is 0 Å². The number of carbonyl (C=O) groups is 1. The summed E-state index contributed by atoms with van der Waals surface area (Å²) in [4.78, 5) is 11.0. The molecular weight excluding hydrogens is 166 g/mol. The summed E-state index contributed by atoms with van der Waals surface area (Å²) in [6.45, 7) is 2.20. The highest BCUT2D eigenvalue weighted by molar-refractivity contribution is 5.91. The lowest BCUT2D eigenvalue weighted by molar-refractivity contribution is -0.115. The number of nitrogens with one attached hydrogen (secondary N) is 1. The molecule has 13 heavy (non-hydrogen) atoms. The van der Waals surface area contributed by atoms with E-state index in [0.717, 1.165) is 25.0 Å². The maximum absolute atomic E-state index is 11.0. The van der Waals surface area contributed by atoms with Gasteiger partial charge in [-0.3, -0.25) is 4.79 Å². The van der Waals surface area contributed by atoms with E-state index < -0.39 is 0 Å². The lowest BCUT2D eigenvalue weighted by Gasteiger charge is -2.19. The van der Waals surface area contributed by atoms with Crippen molar-refractivity contribution in [1.29, 1.82) is 0 Å². The van der Waals surface area contributed by atoms with Gasteiger partial charge in [0, 0.05) is 30.8 Å². The topological polar surface area (TPSA) is 49.3 Å². The first-order valence-electron chi connectivity index (χ1n) is 4.83. The van der Waals surface area contributed by atoms with Gasteiger partial charge in [-0.25, -0.2) is 0 Å². The van der Waals surface area contributed by atoms with E-state index in [1.54, 1.807) is 6.08 Å². The van der Waals surface area contributed by atoms with Gasteiger partial charge in [0.1, 0.15) is 0 Å². The summed E-state index contributed by atoms with van der Waals surface area (Å²) in [6.07, 6.45) is 5.01. The summed E-state index contributed by atoms with van der Waals surface area (Å²) in [7, 11) is 0. The second kappa shape index (κ2) is 5.02. The van der Waals surface area contributed by atoms with Gasteiger partial charge < -0.3 is 10.4 Å². The number of hydrogen-bond acceptors (Lipinski definition) is 3. The van der Waals surface area contributed by atoms with Gasteiger partial charge in [-0.15, -0.1) is 0 Å². The SMILES string of the molecule is CC(CCO)NC1=CC(=O)CCC1. The van der Waals surface area contributed by atoms with Crippen molar-refractivity contribution in [2.24, 2.45) is 0 Å². The lowest BCUT2D eigenvalue weighted by atomic mass is 10.0. The van der Waals surface area contributed by atoms with Crippen molar-refractivity contribution in [2.45, 2.75) is 38.6 Å². The zero-order chi connectivity index (χ0) is 9.68. The van der Waals surface area contributed by atoms with Crippen LogP contribution in [-0.4, -0.2) is 23.5 Å². The summed E-state index contributed by atoms with van der Waals surface area (Å²) in [5, 5.41) is 11.9. The van der Waals surface area contributed by atoms with Crippen molar-refractivity contribution >= 4 is 5.78 Å². The average molecular weight is 183 g/mol. The Hall–Kier alpha value is -0.830. The average Bonchev–Trinajstić information content (AvgIpc) is 2.04. The molecule has 2 N–H and O–H groups in total. The van der Waals surface area contributed by atoms with Gasteiger partial charge in [0.15, 0.2) is 5.78 Å². The summed E-state index contributed by atoms with van der Waals surface area (Å²) < 4.78 is 0. The predicted octanol–water partition coefficient (Wildman–Crippen LogP) is 0.984. The molecule has 3 nitrogen and oxygen atoms in total. The van der Waals surface area contributed by atoms with Crippen molar-refractivity contribution < 1.29 is 9.90 Å². The Balaban J connectivity index is 2.39. The first-order valence-corrected chi connectivity index (χ1v) is 4.83. The Kier molecular flexibility index (Phi) is 3.96. The Bertz CT molecular complexity index is 211. The van der Waals surface area contributed by atoms with Crippen LogP contribution in [0.15, 0.2) is 11.8 Å². The number of aliphatic hydroxyl groups is 1. The molecule has 0 saturated heterocycles. The third kappa shape index (κ3) is 3.59. The molecular formula is C10H17NO2. The molecule has 0 aliphatic heterocycles. The molecule has 1 aliphatic rings. The number of ketones is 1. The molecule has 0 radical (unpaired) electrons. The van der Waals surface area contributed by atoms with Crippen LogP contribution in [0.25, 0.3) is 0 Å². The van der Waals surface area contributed by atoms with Crippen LogP contribution in [-0.2, 0) is 4.79 Å². The summed E-state index contributed by atoms with van der Waals surface area (Å²) in [6, 6.07) is 0.252. The molecule has 1 unspecified atom stereocenters. The molecule has 0 heterocycles. The fourth-order valence-corrected chi connectivity index (χ4v) is 1.49. The van der Waals surface area contributed by atoms with E-state index >= 15 is 0 Å². The highest BCUT2D eigenvalue weighted by atomic mass is 16.3. The standard InChI is InChI=1S/C10H17NO2/c1-8(5-6-12)11-9-3-2-4-10(13)7-9/h7-8,11-12H,2-6H2,1H3. The number of carbonyl (C=O) groups excluding carboxylic acids is 1. The molecule has 0 fully saturated rings. The summed E-state index contributed by atoms with van der Waals surface area (Å²) in [5.74, 6) is 0.213. The van der Waals surface area contributed by atoms with Gasteiger partial charge in [-0.05, 0) is 26.2 Å². The van der Waals surface area contributed by atoms with E-state index in [2.05, 4.69) is 5.32 Å². The van der Waals surface area contributed by atoms with E-state index in [-0.39, 0.29) is 18.4 Å². The van der Waals surface area contributed by atoms with Crippen LogP contribution in [0.2, 0.25) is 0 Å². The third-order valence-corrected chi connectivity index (χ3v) is 2.20. The molecule has 3 heteroatoms. The molecule has 0 saturated carbocycles. The number of allylic oxidation sites excluding steroid dienone is 2. The first kappa shape index (κ1) is 10.3. The quantitative estimate of drug-likeness (QED) is 0.683. The maximum atomic E-state index is 11.0. The molecule has 0 spiro atoms. The van der Waals surface area contributed by atoms with Crippen LogP contribution in [0.5, 0.6) is 0 Å². The van der Waals surface area contributed by atoms with Crippen molar-refractivity contribution in [3.8, 4) is 0 Å². The van der Waals surface area contributed by atoms with Gasteiger partial charge >= 0.3 is 0 Å². The molecule has 74 valence electrons. The summed E-state index contributed by atoms with van der Waals surface area (Å²) in [5.41, 5.74) is 1.03. The highest BCUT2D eigenvalue weighted by Gasteiger charge is 2.11. The van der Waals surface area contributed by atoms with Crippen LogP contribution in [0.4, 0.5) is 0 Å². The normalized spacial score (nSPS) is 19.5. The van der Waals surface area contributed by atoms with E-state index in [1.807, 2.05) is 6.92 Å². The van der Waals surface area contributed by atoms with E-state index in [9.17, 15) is 4.79 Å². The predicted molar refractivity (Wildman–Crippen MR) is 51.2 cm³/mol. The molecule has 0 aromatic heterocycles. The van der Waals surface area contributed by atoms with Gasteiger partial charge in [-0.2, -0.15) is 0 Å². The van der Waals surface area contributed by atoms with E-state index in [1.165, 1.54) is 0 Å². The molecule has 0 bridgehead atoms. The molecule has 0 aromatic carbocycles. The minimum atomic E-state index is 0.190. The van der Waals surface area contributed by atoms with Crippen LogP contribution >= 0.6 is 0 Å². The fourth-order valence-electron chi connectivity index (χ4n) is 1.49. The number of hydrogen-bond donors (Lipinski definition) is 2. The van der Waals surface area contributed by atoms with Crippen molar-refractivity contribution in [2.75, 3.05) is 6.61 Å². The second-order valence-electron chi connectivity index (χ2n) is 3.55. The Morgan fingerprint density at radius 2 is 2.38 bits per heavy atom. The molecule has 1 aliphatic carbocycles. The van der Waals surface area contributed by atoms with Gasteiger partial charge in [0.25, 0.3) is 0 Å². The van der Waals surface area contributed by atoms with Crippen LogP contribution in [0.1, 0.15) is 32.6 Å². The van der Waals surface area contributed by atoms with Crippen molar-refractivity contribution in [1.82, 2.24) is 5.32 Å². The zero-order valence-electron chi connectivity index (χ0n) is 8.05. The fraction of sp³-hybridized carbons (Fsp3) is 0.700. The lowest BCUT2D eigenvalue weighted by Crippen LogP contribution is -2.28. The highest BCUT2D eigenvalue weighted by Crippen LogP contribution is 2.13. The van der Waals surface area contributed by atoms with Crippen LogP contribution in [0.3, 0.4) is 0 Å².